The number of anilines is 4. The highest BCUT2D eigenvalue weighted by molar-refractivity contribution is 6.01. The molecular weight excluding hydrogens is 454 g/mol. The van der Waals surface area contributed by atoms with Crippen molar-refractivity contribution in [2.45, 2.75) is 71.3 Å². The quantitative estimate of drug-likeness (QED) is 0.565. The van der Waals surface area contributed by atoms with Crippen molar-refractivity contribution in [2.24, 2.45) is 11.8 Å². The van der Waals surface area contributed by atoms with Crippen LogP contribution in [0.25, 0.3) is 0 Å². The molecule has 1 amide bonds. The highest BCUT2D eigenvalue weighted by Gasteiger charge is 2.43. The number of nitrogens with one attached hydrogen (secondary N) is 1. The van der Waals surface area contributed by atoms with Crippen molar-refractivity contribution >= 4 is 29.0 Å². The number of benzene rings is 1. The molecule has 2 fully saturated rings. The van der Waals surface area contributed by atoms with Crippen LogP contribution < -0.4 is 24.6 Å². The molecule has 5 rings (SSSR count). The zero-order valence-electron chi connectivity index (χ0n) is 22.0. The van der Waals surface area contributed by atoms with Crippen molar-refractivity contribution in [1.29, 1.82) is 0 Å². The van der Waals surface area contributed by atoms with Crippen molar-refractivity contribution in [3.05, 3.63) is 24.4 Å². The van der Waals surface area contributed by atoms with Crippen LogP contribution in [0.5, 0.6) is 11.5 Å². The second-order valence-electron chi connectivity index (χ2n) is 11.1. The second kappa shape index (κ2) is 10.1. The maximum atomic E-state index is 13.4. The molecule has 8 heteroatoms. The minimum Gasteiger partial charge on any atom is -0.494 e. The van der Waals surface area contributed by atoms with E-state index in [9.17, 15) is 4.79 Å². The third-order valence-corrected chi connectivity index (χ3v) is 7.86. The number of carbonyl (C=O) groups excluding carboxylic acids is 1. The van der Waals surface area contributed by atoms with E-state index in [1.165, 1.54) is 32.1 Å². The maximum Gasteiger partial charge on any atom is 0.271 e. The van der Waals surface area contributed by atoms with E-state index in [2.05, 4.69) is 34.3 Å². The normalized spacial score (nSPS) is 20.6. The Kier molecular flexibility index (Phi) is 6.95. The first kappa shape index (κ1) is 24.7. The minimum absolute atomic E-state index is 0.0528. The number of methoxy groups -OCH3 is 1. The molecule has 8 nitrogen and oxygen atoms in total. The molecule has 0 unspecified atom stereocenters. The van der Waals surface area contributed by atoms with Crippen LogP contribution in [0, 0.1) is 11.8 Å². The lowest BCUT2D eigenvalue weighted by atomic mass is 9.88. The van der Waals surface area contributed by atoms with Crippen LogP contribution in [0.3, 0.4) is 0 Å². The number of fused-ring (bicyclic) bond motifs is 1. The van der Waals surface area contributed by atoms with Gasteiger partial charge in [0.2, 0.25) is 5.95 Å². The number of piperidine rings is 1. The Morgan fingerprint density at radius 2 is 1.89 bits per heavy atom. The fourth-order valence-corrected chi connectivity index (χ4v) is 5.59. The highest BCUT2D eigenvalue weighted by atomic mass is 16.5. The monoisotopic (exact) mass is 493 g/mol. The van der Waals surface area contributed by atoms with Gasteiger partial charge >= 0.3 is 0 Å². The fraction of sp³-hybridized carbons (Fsp3) is 0.607. The maximum absolute atomic E-state index is 13.4. The lowest BCUT2D eigenvalue weighted by molar-refractivity contribution is -0.133. The molecule has 0 spiro atoms. The molecule has 3 heterocycles. The molecule has 2 aromatic rings. The molecule has 0 bridgehead atoms. The van der Waals surface area contributed by atoms with Gasteiger partial charge in [-0.05, 0) is 63.5 Å². The molecule has 1 aromatic heterocycles. The zero-order valence-corrected chi connectivity index (χ0v) is 22.0. The van der Waals surface area contributed by atoms with E-state index < -0.39 is 5.60 Å². The van der Waals surface area contributed by atoms with Gasteiger partial charge in [-0.25, -0.2) is 4.98 Å². The second-order valence-corrected chi connectivity index (χ2v) is 11.1. The zero-order chi connectivity index (χ0) is 25.3. The molecule has 1 aliphatic carbocycles. The molecule has 194 valence electrons. The van der Waals surface area contributed by atoms with Gasteiger partial charge in [-0.2, -0.15) is 4.98 Å². The van der Waals surface area contributed by atoms with Gasteiger partial charge in [-0.15, -0.1) is 0 Å². The van der Waals surface area contributed by atoms with Crippen LogP contribution in [-0.4, -0.2) is 48.2 Å². The van der Waals surface area contributed by atoms with E-state index in [1.807, 2.05) is 24.8 Å². The summed E-state index contributed by atoms with van der Waals surface area (Å²) in [5.41, 5.74) is 1.01. The van der Waals surface area contributed by atoms with Crippen molar-refractivity contribution < 1.29 is 14.3 Å². The van der Waals surface area contributed by atoms with Gasteiger partial charge in [0.1, 0.15) is 5.75 Å². The molecule has 36 heavy (non-hydrogen) atoms. The summed E-state index contributed by atoms with van der Waals surface area (Å²) in [5, 5.41) is 3.31. The largest absolute Gasteiger partial charge is 0.494 e. The number of nitrogens with zero attached hydrogens (tertiary/aromatic N) is 4. The van der Waals surface area contributed by atoms with Crippen LogP contribution in [-0.2, 0) is 4.79 Å². The van der Waals surface area contributed by atoms with Gasteiger partial charge in [-0.3, -0.25) is 9.69 Å². The molecule has 1 saturated heterocycles. The summed E-state index contributed by atoms with van der Waals surface area (Å²) in [7, 11) is 1.68. The first-order valence-electron chi connectivity index (χ1n) is 13.4. The molecule has 0 atom stereocenters. The molecule has 0 radical (unpaired) electrons. The third kappa shape index (κ3) is 5.08. The number of rotatable bonds is 6. The number of carbonyl (C=O) groups is 1. The van der Waals surface area contributed by atoms with Gasteiger partial charge in [0.05, 0.1) is 19.0 Å². The molecule has 1 N–H and O–H groups in total. The Balaban J connectivity index is 1.39. The van der Waals surface area contributed by atoms with Crippen LogP contribution >= 0.6 is 0 Å². The Morgan fingerprint density at radius 1 is 1.14 bits per heavy atom. The van der Waals surface area contributed by atoms with Crippen molar-refractivity contribution in [1.82, 2.24) is 9.97 Å². The smallest absolute Gasteiger partial charge is 0.271 e. The van der Waals surface area contributed by atoms with Crippen LogP contribution in [0.2, 0.25) is 0 Å². The van der Waals surface area contributed by atoms with Crippen molar-refractivity contribution in [2.75, 3.05) is 41.9 Å². The molecule has 2 aliphatic heterocycles. The fourth-order valence-electron chi connectivity index (χ4n) is 5.59. The van der Waals surface area contributed by atoms with Crippen LogP contribution in [0.1, 0.15) is 65.7 Å². The summed E-state index contributed by atoms with van der Waals surface area (Å²) in [6, 6.07) is 6.20. The van der Waals surface area contributed by atoms with Gasteiger partial charge in [0.25, 0.3) is 5.91 Å². The summed E-state index contributed by atoms with van der Waals surface area (Å²) < 4.78 is 11.7. The van der Waals surface area contributed by atoms with Crippen LogP contribution in [0.4, 0.5) is 23.1 Å². The summed E-state index contributed by atoms with van der Waals surface area (Å²) in [6.07, 6.45) is 10.1. The van der Waals surface area contributed by atoms with Crippen molar-refractivity contribution in [3.63, 3.8) is 0 Å². The molecular formula is C28H39N5O3. The lowest BCUT2D eigenvalue weighted by Crippen LogP contribution is -2.54. The van der Waals surface area contributed by atoms with E-state index in [-0.39, 0.29) is 5.91 Å². The van der Waals surface area contributed by atoms with Gasteiger partial charge in [0.15, 0.2) is 17.2 Å². The third-order valence-electron chi connectivity index (χ3n) is 7.86. The predicted octanol–water partition coefficient (Wildman–Crippen LogP) is 5.55. The van der Waals surface area contributed by atoms with Gasteiger partial charge < -0.3 is 19.7 Å². The molecule has 3 aliphatic rings. The number of aromatic nitrogens is 2. The Hall–Kier alpha value is -3.03. The van der Waals surface area contributed by atoms with E-state index in [0.717, 1.165) is 49.0 Å². The van der Waals surface area contributed by atoms with E-state index in [1.54, 1.807) is 13.3 Å². The van der Waals surface area contributed by atoms with Crippen molar-refractivity contribution in [3.8, 4) is 11.5 Å². The predicted molar refractivity (Wildman–Crippen MR) is 143 cm³/mol. The lowest BCUT2D eigenvalue weighted by Gasteiger charge is -2.39. The number of hydrogen-bond donors (Lipinski definition) is 1. The van der Waals surface area contributed by atoms with Crippen LogP contribution in [0.15, 0.2) is 24.4 Å². The first-order valence-corrected chi connectivity index (χ1v) is 13.4. The van der Waals surface area contributed by atoms with Gasteiger partial charge in [-0.1, -0.05) is 26.2 Å². The van der Waals surface area contributed by atoms with E-state index in [4.69, 9.17) is 14.5 Å². The number of hydrogen-bond acceptors (Lipinski definition) is 7. The van der Waals surface area contributed by atoms with E-state index in [0.29, 0.717) is 30.0 Å². The standard InChI is InChI=1S/C28H39N5O3/c1-19-12-14-32(15-13-19)21-10-11-22(23(16-21)35-4)30-27-29-17-24-25(31-27)33(26(34)28(2,3)36-24)18-20-8-6-5-7-9-20/h10-11,16-17,19-20H,5-9,12-15,18H2,1-4H3,(H,29,30,31). The Morgan fingerprint density at radius 3 is 2.61 bits per heavy atom. The average molecular weight is 494 g/mol. The summed E-state index contributed by atoms with van der Waals surface area (Å²) in [6.45, 7) is 8.74. The topological polar surface area (TPSA) is 79.8 Å². The molecule has 1 aromatic carbocycles. The highest BCUT2D eigenvalue weighted by Crippen LogP contribution is 2.39. The van der Waals surface area contributed by atoms with E-state index >= 15 is 0 Å². The van der Waals surface area contributed by atoms with Gasteiger partial charge in [0, 0.05) is 31.4 Å². The molecule has 1 saturated carbocycles. The first-order chi connectivity index (χ1) is 17.3. The average Bonchev–Trinajstić information content (AvgIpc) is 2.88. The Labute approximate surface area is 214 Å². The summed E-state index contributed by atoms with van der Waals surface area (Å²) in [5.74, 6) is 3.45. The summed E-state index contributed by atoms with van der Waals surface area (Å²) >= 11 is 0. The Bertz CT molecular complexity index is 1090. The number of amides is 1. The SMILES string of the molecule is COc1cc(N2CCC(C)CC2)ccc1Nc1ncc2c(n1)N(CC1CCCCC1)C(=O)C(C)(C)O2. The number of ether oxygens (including phenoxy) is 2. The summed E-state index contributed by atoms with van der Waals surface area (Å²) in [4.78, 5) is 26.9. The minimum atomic E-state index is -0.939.